The van der Waals surface area contributed by atoms with E-state index in [0.717, 1.165) is 4.90 Å². The van der Waals surface area contributed by atoms with Crippen LogP contribution in [-0.4, -0.2) is 60.4 Å². The van der Waals surface area contributed by atoms with Gasteiger partial charge in [-0.1, -0.05) is 0 Å². The van der Waals surface area contributed by atoms with Crippen molar-refractivity contribution in [1.29, 1.82) is 0 Å². The number of hydrogen-bond acceptors (Lipinski definition) is 4. The van der Waals surface area contributed by atoms with Crippen molar-refractivity contribution >= 4 is 18.0 Å². The molecule has 0 bridgehead atoms. The minimum atomic E-state index is -4.96. The van der Waals surface area contributed by atoms with Crippen LogP contribution in [0.25, 0.3) is 0 Å². The molecule has 1 aliphatic heterocycles. The van der Waals surface area contributed by atoms with Gasteiger partial charge in [-0.25, -0.2) is 4.79 Å². The summed E-state index contributed by atoms with van der Waals surface area (Å²) in [6.45, 7) is -0.171. The average Bonchev–Trinajstić information content (AvgIpc) is 2.82. The molecule has 21 heavy (non-hydrogen) atoms. The van der Waals surface area contributed by atoms with Crippen LogP contribution in [0.3, 0.4) is 0 Å². The maximum absolute atomic E-state index is 12.9. The van der Waals surface area contributed by atoms with Crippen LogP contribution in [0.2, 0.25) is 0 Å². The zero-order valence-electron chi connectivity index (χ0n) is 11.2. The van der Waals surface area contributed by atoms with Crippen LogP contribution >= 0.6 is 0 Å². The number of carboxylic acids is 1. The van der Waals surface area contributed by atoms with Gasteiger partial charge in [0.1, 0.15) is 6.54 Å². The number of ether oxygens (including phenoxy) is 1. The topological polar surface area (TPSA) is 95.9 Å². The quantitative estimate of drug-likeness (QED) is 0.741. The van der Waals surface area contributed by atoms with Gasteiger partial charge >= 0.3 is 24.1 Å². The molecular formula is C11H15F3N2O5. The van der Waals surface area contributed by atoms with E-state index >= 15 is 0 Å². The summed E-state index contributed by atoms with van der Waals surface area (Å²) in [7, 11) is 0. The monoisotopic (exact) mass is 312 g/mol. The lowest BCUT2D eigenvalue weighted by Crippen LogP contribution is -2.49. The molecule has 120 valence electrons. The smallest absolute Gasteiger partial charge is 0.406 e. The summed E-state index contributed by atoms with van der Waals surface area (Å²) in [6.07, 6.45) is -5.69. The number of rotatable bonds is 4. The van der Waals surface area contributed by atoms with E-state index in [4.69, 9.17) is 5.11 Å². The van der Waals surface area contributed by atoms with Gasteiger partial charge in [0.25, 0.3) is 0 Å². The van der Waals surface area contributed by atoms with E-state index in [-0.39, 0.29) is 13.2 Å². The van der Waals surface area contributed by atoms with Gasteiger partial charge in [0, 0.05) is 13.1 Å². The van der Waals surface area contributed by atoms with Gasteiger partial charge in [0.2, 0.25) is 0 Å². The number of nitrogens with one attached hydrogen (secondary N) is 1. The zero-order chi connectivity index (χ0) is 16.3. The molecule has 7 nitrogen and oxygen atoms in total. The van der Waals surface area contributed by atoms with E-state index in [1.54, 1.807) is 6.92 Å². The molecule has 1 atom stereocenters. The van der Waals surface area contributed by atoms with Crippen molar-refractivity contribution in [3.05, 3.63) is 0 Å². The number of likely N-dealkylation sites (tertiary alicyclic amines) is 1. The van der Waals surface area contributed by atoms with E-state index in [1.165, 1.54) is 0 Å². The second-order valence-electron chi connectivity index (χ2n) is 4.52. The predicted octanol–water partition coefficient (Wildman–Crippen LogP) is 0.598. The van der Waals surface area contributed by atoms with E-state index in [0.29, 0.717) is 0 Å². The highest BCUT2D eigenvalue weighted by atomic mass is 19.4. The summed E-state index contributed by atoms with van der Waals surface area (Å²) in [5.41, 5.74) is -2.96. The second kappa shape index (κ2) is 6.19. The Labute approximate surface area is 118 Å². The van der Waals surface area contributed by atoms with Crippen LogP contribution in [-0.2, 0) is 14.3 Å². The number of carboxylic acid groups (broad SMARTS) is 1. The molecule has 2 N–H and O–H groups in total. The summed E-state index contributed by atoms with van der Waals surface area (Å²) >= 11 is 0. The Bertz CT molecular complexity index is 440. The summed E-state index contributed by atoms with van der Waals surface area (Å²) in [6, 6.07) is -0.935. The Balaban J connectivity index is 2.66. The molecule has 1 heterocycles. The fraction of sp³-hybridized carbons (Fsp3) is 0.727. The Hall–Kier alpha value is -2.00. The Kier molecular flexibility index (Phi) is 5.02. The van der Waals surface area contributed by atoms with E-state index in [1.807, 2.05) is 0 Å². The Morgan fingerprint density at radius 2 is 2.00 bits per heavy atom. The minimum Gasteiger partial charge on any atom is -0.481 e. The van der Waals surface area contributed by atoms with Crippen molar-refractivity contribution < 1.29 is 37.4 Å². The standard InChI is InChI=1S/C11H15F3N2O5/c1-2-21-7(17)5-15-9(20)16-4-3-10(6-16,8(18)19)11(12,13)14/h2-6H2,1H3,(H,15,20)(H,18,19). The first-order valence-electron chi connectivity index (χ1n) is 6.12. The number of esters is 1. The number of carbonyl (C=O) groups is 3. The predicted molar refractivity (Wildman–Crippen MR) is 62.3 cm³/mol. The largest absolute Gasteiger partial charge is 0.481 e. The number of alkyl halides is 3. The van der Waals surface area contributed by atoms with Gasteiger partial charge in [-0.3, -0.25) is 9.59 Å². The van der Waals surface area contributed by atoms with Crippen LogP contribution in [0.1, 0.15) is 13.3 Å². The van der Waals surface area contributed by atoms with Gasteiger partial charge < -0.3 is 20.1 Å². The lowest BCUT2D eigenvalue weighted by atomic mass is 9.86. The Morgan fingerprint density at radius 1 is 1.38 bits per heavy atom. The molecule has 2 amide bonds. The first kappa shape index (κ1) is 17.1. The van der Waals surface area contributed by atoms with Crippen molar-refractivity contribution in [1.82, 2.24) is 10.2 Å². The number of carbonyl (C=O) groups excluding carboxylic acids is 2. The molecule has 0 aromatic rings. The van der Waals surface area contributed by atoms with Crippen LogP contribution in [0.4, 0.5) is 18.0 Å². The van der Waals surface area contributed by atoms with Crippen LogP contribution in [0.5, 0.6) is 0 Å². The third-order valence-electron chi connectivity index (χ3n) is 3.20. The van der Waals surface area contributed by atoms with Crippen molar-refractivity contribution in [3.8, 4) is 0 Å². The lowest BCUT2D eigenvalue weighted by Gasteiger charge is -2.27. The molecule has 0 aromatic heterocycles. The van der Waals surface area contributed by atoms with E-state index < -0.39 is 49.1 Å². The van der Waals surface area contributed by atoms with Crippen LogP contribution in [0, 0.1) is 5.41 Å². The minimum absolute atomic E-state index is 0.106. The number of hydrogen-bond donors (Lipinski definition) is 2. The van der Waals surface area contributed by atoms with Gasteiger partial charge in [-0.05, 0) is 13.3 Å². The summed E-state index contributed by atoms with van der Waals surface area (Å²) in [5, 5.41) is 10.9. The highest BCUT2D eigenvalue weighted by molar-refractivity contribution is 5.83. The number of nitrogens with zero attached hydrogens (tertiary/aromatic N) is 1. The average molecular weight is 312 g/mol. The normalized spacial score (nSPS) is 22.0. The SMILES string of the molecule is CCOC(=O)CNC(=O)N1CCC(C(=O)O)(C(F)(F)F)C1. The number of amides is 2. The van der Waals surface area contributed by atoms with E-state index in [2.05, 4.69) is 10.1 Å². The van der Waals surface area contributed by atoms with Crippen molar-refractivity contribution in [2.24, 2.45) is 5.41 Å². The molecule has 0 radical (unpaired) electrons. The van der Waals surface area contributed by atoms with Crippen molar-refractivity contribution in [3.63, 3.8) is 0 Å². The van der Waals surface area contributed by atoms with Gasteiger partial charge in [-0.15, -0.1) is 0 Å². The molecule has 0 aromatic carbocycles. The van der Waals surface area contributed by atoms with Crippen molar-refractivity contribution in [2.45, 2.75) is 19.5 Å². The third kappa shape index (κ3) is 3.56. The number of urea groups is 1. The van der Waals surface area contributed by atoms with Crippen LogP contribution < -0.4 is 5.32 Å². The summed E-state index contributed by atoms with van der Waals surface area (Å²) in [4.78, 5) is 34.3. The Morgan fingerprint density at radius 3 is 2.43 bits per heavy atom. The first-order chi connectivity index (χ1) is 9.64. The maximum Gasteiger partial charge on any atom is 0.406 e. The van der Waals surface area contributed by atoms with Crippen molar-refractivity contribution in [2.75, 3.05) is 26.2 Å². The summed E-state index contributed by atoms with van der Waals surface area (Å²) < 4.78 is 43.3. The highest BCUT2D eigenvalue weighted by Gasteiger charge is 2.64. The number of halogens is 3. The van der Waals surface area contributed by atoms with Gasteiger partial charge in [0.15, 0.2) is 5.41 Å². The molecule has 1 unspecified atom stereocenters. The molecule has 1 fully saturated rings. The molecule has 0 spiro atoms. The first-order valence-corrected chi connectivity index (χ1v) is 6.12. The maximum atomic E-state index is 12.9. The molecule has 0 aliphatic carbocycles. The molecule has 1 aliphatic rings. The number of aliphatic carboxylic acids is 1. The summed E-state index contributed by atoms with van der Waals surface area (Å²) in [5.74, 6) is -2.75. The lowest BCUT2D eigenvalue weighted by molar-refractivity contribution is -0.227. The molecular weight excluding hydrogens is 297 g/mol. The molecule has 1 rings (SSSR count). The fourth-order valence-corrected chi connectivity index (χ4v) is 1.98. The van der Waals surface area contributed by atoms with E-state index in [9.17, 15) is 27.6 Å². The third-order valence-corrected chi connectivity index (χ3v) is 3.20. The van der Waals surface area contributed by atoms with Crippen LogP contribution in [0.15, 0.2) is 0 Å². The van der Waals surface area contributed by atoms with Gasteiger partial charge in [0.05, 0.1) is 6.61 Å². The molecule has 1 saturated heterocycles. The van der Waals surface area contributed by atoms with Gasteiger partial charge in [-0.2, -0.15) is 13.2 Å². The zero-order valence-corrected chi connectivity index (χ0v) is 11.2. The molecule has 10 heteroatoms. The second-order valence-corrected chi connectivity index (χ2v) is 4.52. The molecule has 0 saturated carbocycles. The fourth-order valence-electron chi connectivity index (χ4n) is 1.98. The highest BCUT2D eigenvalue weighted by Crippen LogP contribution is 2.45.